The third-order valence-electron chi connectivity index (χ3n) is 5.69. The number of hydrogen-bond donors (Lipinski definition) is 0. The van der Waals surface area contributed by atoms with Crippen molar-refractivity contribution in [2.24, 2.45) is 16.2 Å². The average Bonchev–Trinajstić information content (AvgIpc) is 2.91. The summed E-state index contributed by atoms with van der Waals surface area (Å²) in [4.78, 5) is 0. The predicted molar refractivity (Wildman–Crippen MR) is 64.1 cm³/mol. The first kappa shape index (κ1) is 10.5. The van der Waals surface area contributed by atoms with Gasteiger partial charge in [0, 0.05) is 5.41 Å². The lowest BCUT2D eigenvalue weighted by Gasteiger charge is -2.27. The number of hydrogen-bond acceptors (Lipinski definition) is 3. The second-order valence-corrected chi connectivity index (χ2v) is 6.61. The van der Waals surface area contributed by atoms with Gasteiger partial charge < -0.3 is 0 Å². The Labute approximate surface area is 104 Å². The van der Waals surface area contributed by atoms with Crippen LogP contribution in [0.1, 0.15) is 25.7 Å². The molecular weight excluding hydrogens is 236 g/mol. The lowest BCUT2D eigenvalue weighted by Crippen LogP contribution is -2.32. The fourth-order valence-corrected chi connectivity index (χ4v) is 5.47. The van der Waals surface area contributed by atoms with Crippen molar-refractivity contribution in [1.82, 2.24) is 0 Å². The normalized spacial score (nSPS) is 55.4. The first-order chi connectivity index (χ1) is 8.27. The van der Waals surface area contributed by atoms with Crippen molar-refractivity contribution >= 4 is 11.4 Å². The van der Waals surface area contributed by atoms with E-state index < -0.39 is 11.4 Å². The van der Waals surface area contributed by atoms with E-state index in [-0.39, 0.29) is 5.41 Å². The van der Waals surface area contributed by atoms with Gasteiger partial charge in [-0.05, 0) is 36.5 Å². The smallest absolute Gasteiger partial charge is 0.268 e. The second-order valence-electron chi connectivity index (χ2n) is 5.73. The van der Waals surface area contributed by atoms with Crippen molar-refractivity contribution in [1.29, 1.82) is 0 Å². The molecule has 0 aromatic carbocycles. The first-order valence-electron chi connectivity index (χ1n) is 6.25. The van der Waals surface area contributed by atoms with Gasteiger partial charge in [0.15, 0.2) is 0 Å². The van der Waals surface area contributed by atoms with E-state index in [4.69, 9.17) is 8.37 Å². The molecule has 2 fully saturated rings. The molecule has 0 aromatic rings. The SMILES string of the molecule is O=S1OCC2(CO1)C13CC=CCC12CC=CC3. The van der Waals surface area contributed by atoms with Gasteiger partial charge in [0.25, 0.3) is 0 Å². The van der Waals surface area contributed by atoms with Crippen molar-refractivity contribution in [2.75, 3.05) is 13.2 Å². The zero-order chi connectivity index (χ0) is 11.6. The van der Waals surface area contributed by atoms with Crippen LogP contribution in [-0.2, 0) is 19.7 Å². The van der Waals surface area contributed by atoms with Crippen molar-refractivity contribution in [3.63, 3.8) is 0 Å². The van der Waals surface area contributed by atoms with Crippen molar-refractivity contribution in [3.05, 3.63) is 24.3 Å². The minimum atomic E-state index is -1.52. The lowest BCUT2D eigenvalue weighted by atomic mass is 9.76. The largest absolute Gasteiger partial charge is 0.304 e. The summed E-state index contributed by atoms with van der Waals surface area (Å²) < 4.78 is 21.9. The molecule has 0 atom stereocenters. The molecule has 4 aliphatic rings. The minimum Gasteiger partial charge on any atom is -0.268 e. The van der Waals surface area contributed by atoms with Crippen LogP contribution in [-0.4, -0.2) is 17.4 Å². The first-order valence-corrected chi connectivity index (χ1v) is 7.25. The molecular formula is C13H16O3S. The highest BCUT2D eigenvalue weighted by atomic mass is 32.2. The van der Waals surface area contributed by atoms with E-state index in [9.17, 15) is 4.21 Å². The number of rotatable bonds is 0. The molecule has 0 aromatic heterocycles. The Morgan fingerprint density at radius 1 is 0.765 bits per heavy atom. The maximum absolute atomic E-state index is 11.2. The van der Waals surface area contributed by atoms with Crippen LogP contribution in [0.2, 0.25) is 0 Å². The van der Waals surface area contributed by atoms with Gasteiger partial charge in [0.1, 0.15) is 0 Å². The number of allylic oxidation sites excluding steroid dienone is 4. The van der Waals surface area contributed by atoms with Crippen molar-refractivity contribution < 1.29 is 12.6 Å². The highest BCUT2D eigenvalue weighted by Crippen LogP contribution is 2.87. The molecule has 0 bridgehead atoms. The van der Waals surface area contributed by atoms with Gasteiger partial charge in [0.2, 0.25) is 0 Å². The summed E-state index contributed by atoms with van der Waals surface area (Å²) in [5, 5.41) is 0. The maximum atomic E-state index is 11.2. The molecule has 1 aliphatic heterocycles. The van der Waals surface area contributed by atoms with Gasteiger partial charge in [-0.1, -0.05) is 24.3 Å². The van der Waals surface area contributed by atoms with E-state index in [2.05, 4.69) is 24.3 Å². The van der Waals surface area contributed by atoms with Gasteiger partial charge in [-0.3, -0.25) is 8.37 Å². The summed E-state index contributed by atoms with van der Waals surface area (Å²) in [5.41, 5.74) is 0.725. The van der Waals surface area contributed by atoms with Crippen LogP contribution in [0.5, 0.6) is 0 Å². The standard InChI is InChI=1S/C13H16O3S/c14-17-15-9-13(10-16-17)11-5-1-2-6-12(11,13)8-4-3-7-11/h1-4H,5-10H2. The van der Waals surface area contributed by atoms with Crippen LogP contribution in [0.25, 0.3) is 0 Å². The van der Waals surface area contributed by atoms with E-state index in [0.29, 0.717) is 24.0 Å². The Morgan fingerprint density at radius 3 is 1.59 bits per heavy atom. The second kappa shape index (κ2) is 3.11. The summed E-state index contributed by atoms with van der Waals surface area (Å²) >= 11 is -1.52. The van der Waals surface area contributed by atoms with E-state index in [1.54, 1.807) is 0 Å². The molecule has 17 heavy (non-hydrogen) atoms. The Balaban J connectivity index is 1.77. The predicted octanol–water partition coefficient (Wildman–Crippen LogP) is 2.28. The fourth-order valence-electron chi connectivity index (χ4n) is 4.81. The summed E-state index contributed by atoms with van der Waals surface area (Å²) in [6.07, 6.45) is 13.7. The summed E-state index contributed by atoms with van der Waals surface area (Å²) in [5.74, 6) is 0. The molecule has 4 heteroatoms. The third kappa shape index (κ3) is 0.959. The van der Waals surface area contributed by atoms with E-state index in [1.807, 2.05) is 0 Å². The van der Waals surface area contributed by atoms with Gasteiger partial charge in [-0.2, -0.15) is 4.21 Å². The van der Waals surface area contributed by atoms with Crippen molar-refractivity contribution in [3.8, 4) is 0 Å². The van der Waals surface area contributed by atoms with Crippen LogP contribution >= 0.6 is 0 Å². The minimum absolute atomic E-state index is 0.0981. The molecule has 3 aliphatic carbocycles. The summed E-state index contributed by atoms with van der Waals surface area (Å²) in [6.45, 7) is 1.20. The quantitative estimate of drug-likeness (QED) is 0.620. The highest BCUT2D eigenvalue weighted by Gasteiger charge is 2.85. The molecule has 1 saturated heterocycles. The van der Waals surface area contributed by atoms with Gasteiger partial charge >= 0.3 is 11.4 Å². The zero-order valence-corrected chi connectivity index (χ0v) is 10.5. The summed E-state index contributed by atoms with van der Waals surface area (Å²) in [6, 6.07) is 0. The fraction of sp³-hybridized carbons (Fsp3) is 0.692. The molecule has 0 radical (unpaired) electrons. The molecule has 4 rings (SSSR count). The lowest BCUT2D eigenvalue weighted by molar-refractivity contribution is 0.0677. The molecule has 92 valence electrons. The molecule has 1 saturated carbocycles. The van der Waals surface area contributed by atoms with Gasteiger partial charge in [-0.25, -0.2) is 0 Å². The molecule has 1 spiro atoms. The van der Waals surface area contributed by atoms with E-state index in [0.717, 1.165) is 25.7 Å². The topological polar surface area (TPSA) is 35.5 Å². The summed E-state index contributed by atoms with van der Waals surface area (Å²) in [7, 11) is 0. The third-order valence-corrected chi connectivity index (χ3v) is 6.31. The Bertz CT molecular complexity index is 396. The Morgan fingerprint density at radius 2 is 1.18 bits per heavy atom. The van der Waals surface area contributed by atoms with E-state index >= 15 is 0 Å². The molecule has 0 unspecified atom stereocenters. The molecule has 3 nitrogen and oxygen atoms in total. The molecule has 0 amide bonds. The molecule has 1 heterocycles. The van der Waals surface area contributed by atoms with Gasteiger partial charge in [-0.15, -0.1) is 0 Å². The van der Waals surface area contributed by atoms with Crippen LogP contribution in [0.15, 0.2) is 24.3 Å². The van der Waals surface area contributed by atoms with E-state index in [1.165, 1.54) is 0 Å². The average molecular weight is 252 g/mol. The Kier molecular flexibility index (Phi) is 1.91. The van der Waals surface area contributed by atoms with Crippen LogP contribution in [0, 0.1) is 16.2 Å². The molecule has 0 N–H and O–H groups in total. The highest BCUT2D eigenvalue weighted by molar-refractivity contribution is 7.75. The van der Waals surface area contributed by atoms with Crippen LogP contribution in [0.3, 0.4) is 0 Å². The maximum Gasteiger partial charge on any atom is 0.304 e. The van der Waals surface area contributed by atoms with Crippen LogP contribution in [0.4, 0.5) is 0 Å². The van der Waals surface area contributed by atoms with Crippen LogP contribution < -0.4 is 0 Å². The van der Waals surface area contributed by atoms with Crippen molar-refractivity contribution in [2.45, 2.75) is 25.7 Å². The van der Waals surface area contributed by atoms with Gasteiger partial charge in [0.05, 0.1) is 13.2 Å². The monoisotopic (exact) mass is 252 g/mol. The Hall–Kier alpha value is -0.450. The zero-order valence-electron chi connectivity index (χ0n) is 9.69.